The second-order valence-electron chi connectivity index (χ2n) is 5.04. The summed E-state index contributed by atoms with van der Waals surface area (Å²) in [7, 11) is 0. The fraction of sp³-hybridized carbons (Fsp3) is 0.294. The molecule has 2 aromatic carbocycles. The van der Waals surface area contributed by atoms with Gasteiger partial charge < -0.3 is 0 Å². The van der Waals surface area contributed by atoms with E-state index in [1.165, 1.54) is 6.92 Å². The van der Waals surface area contributed by atoms with Gasteiger partial charge in [0.05, 0.1) is 11.4 Å². The molecule has 0 saturated heterocycles. The van der Waals surface area contributed by atoms with Gasteiger partial charge in [-0.2, -0.15) is 0 Å². The first kappa shape index (κ1) is 16.6. The molecular weight excluding hydrogens is 294 g/mol. The number of nitrogens with zero attached hydrogens (tertiary/aromatic N) is 2. The van der Waals surface area contributed by atoms with E-state index in [0.717, 1.165) is 5.69 Å². The number of anilines is 2. The molecule has 0 bridgehead atoms. The van der Waals surface area contributed by atoms with Crippen molar-refractivity contribution in [2.75, 3.05) is 17.0 Å². The van der Waals surface area contributed by atoms with Crippen molar-refractivity contribution in [1.29, 1.82) is 0 Å². The summed E-state index contributed by atoms with van der Waals surface area (Å²) in [6.45, 7) is 5.67. The van der Waals surface area contributed by atoms with Gasteiger partial charge in [0.1, 0.15) is 11.4 Å². The number of carbonyl (C=O) groups excluding carboxylic acids is 1. The molecule has 0 unspecified atom stereocenters. The van der Waals surface area contributed by atoms with Crippen LogP contribution in [-0.4, -0.2) is 18.0 Å². The second kappa shape index (κ2) is 7.00. The molecule has 0 aliphatic rings. The summed E-state index contributed by atoms with van der Waals surface area (Å²) < 4.78 is 0. The average molecular weight is 313 g/mol. The predicted octanol–water partition coefficient (Wildman–Crippen LogP) is 2.21. The highest BCUT2D eigenvalue weighted by Crippen LogP contribution is 2.22. The van der Waals surface area contributed by atoms with Crippen molar-refractivity contribution in [3.63, 3.8) is 0 Å². The van der Waals surface area contributed by atoms with Gasteiger partial charge in [0, 0.05) is 13.5 Å². The minimum atomic E-state index is -0.663. The lowest BCUT2D eigenvalue weighted by molar-refractivity contribution is -0.111. The van der Waals surface area contributed by atoms with Gasteiger partial charge in [-0.05, 0) is 25.5 Å². The van der Waals surface area contributed by atoms with Gasteiger partial charge in [-0.15, -0.1) is 0 Å². The number of nitrogens with one attached hydrogen (secondary N) is 1. The highest BCUT2D eigenvalue weighted by Gasteiger charge is 2.23. The number of hydrogen-bond acceptors (Lipinski definition) is 6. The standard InChI is InChI=1S/C17H19N3O3/c1-4-13(11(3)21)18-14-15(17(23)16(14)22)19-20(5-2)12-9-7-6-8-10-12/h6-10,19H,4-5H2,1-3H3. The first-order valence-corrected chi connectivity index (χ1v) is 7.50. The lowest BCUT2D eigenvalue weighted by Crippen LogP contribution is -2.40. The molecule has 2 rings (SSSR count). The van der Waals surface area contributed by atoms with Crippen LogP contribution in [0, 0.1) is 0 Å². The first-order valence-electron chi connectivity index (χ1n) is 7.50. The highest BCUT2D eigenvalue weighted by molar-refractivity contribution is 6.39. The Bertz CT molecular complexity index is 802. The number of rotatable bonds is 7. The summed E-state index contributed by atoms with van der Waals surface area (Å²) in [5, 5.41) is 1.74. The quantitative estimate of drug-likeness (QED) is 0.481. The van der Waals surface area contributed by atoms with E-state index in [4.69, 9.17) is 0 Å². The molecule has 0 radical (unpaired) electrons. The Kier molecular flexibility index (Phi) is 5.05. The van der Waals surface area contributed by atoms with E-state index in [9.17, 15) is 14.4 Å². The van der Waals surface area contributed by atoms with Crippen molar-refractivity contribution in [3.8, 4) is 0 Å². The number of ketones is 1. The fourth-order valence-corrected chi connectivity index (χ4v) is 2.20. The topological polar surface area (TPSA) is 78.8 Å². The van der Waals surface area contributed by atoms with Crippen LogP contribution in [0.15, 0.2) is 44.9 Å². The Morgan fingerprint density at radius 3 is 2.30 bits per heavy atom. The molecule has 1 N–H and O–H groups in total. The largest absolute Gasteiger partial charge is 0.293 e. The molecule has 120 valence electrons. The van der Waals surface area contributed by atoms with Crippen LogP contribution in [0.1, 0.15) is 27.2 Å². The number of hydrazine groups is 1. The SMILES string of the molecule is CCC(=Nc1c(NN(CC)c2ccccc2)c(=O)c1=O)C(C)=O. The molecule has 0 aliphatic heterocycles. The predicted molar refractivity (Wildman–Crippen MR) is 92.5 cm³/mol. The van der Waals surface area contributed by atoms with E-state index in [0.29, 0.717) is 13.0 Å². The van der Waals surface area contributed by atoms with Gasteiger partial charge in [-0.25, -0.2) is 4.99 Å². The first-order chi connectivity index (χ1) is 11.0. The van der Waals surface area contributed by atoms with Crippen LogP contribution < -0.4 is 21.3 Å². The summed E-state index contributed by atoms with van der Waals surface area (Å²) in [5.41, 5.74) is 2.96. The fourth-order valence-electron chi connectivity index (χ4n) is 2.20. The van der Waals surface area contributed by atoms with Crippen molar-refractivity contribution in [2.24, 2.45) is 4.99 Å². The van der Waals surface area contributed by atoms with Crippen molar-refractivity contribution < 1.29 is 4.79 Å². The summed E-state index contributed by atoms with van der Waals surface area (Å²) in [6.07, 6.45) is 0.407. The van der Waals surface area contributed by atoms with Crippen molar-refractivity contribution in [3.05, 3.63) is 50.8 Å². The molecule has 0 aromatic heterocycles. The monoisotopic (exact) mass is 313 g/mol. The van der Waals surface area contributed by atoms with Gasteiger partial charge >= 0.3 is 0 Å². The van der Waals surface area contributed by atoms with Crippen molar-refractivity contribution >= 4 is 28.6 Å². The molecule has 0 atom stereocenters. The third-order valence-electron chi connectivity index (χ3n) is 3.50. The Morgan fingerprint density at radius 2 is 1.78 bits per heavy atom. The number of benzene rings is 1. The Hall–Kier alpha value is -2.76. The van der Waals surface area contributed by atoms with Gasteiger partial charge in [0.15, 0.2) is 5.78 Å². The summed E-state index contributed by atoms with van der Waals surface area (Å²) in [4.78, 5) is 39.2. The van der Waals surface area contributed by atoms with E-state index in [-0.39, 0.29) is 22.9 Å². The van der Waals surface area contributed by atoms with Crippen LogP contribution in [0.25, 0.3) is 0 Å². The molecule has 0 amide bonds. The lowest BCUT2D eigenvalue weighted by atomic mass is 10.1. The lowest BCUT2D eigenvalue weighted by Gasteiger charge is -2.25. The van der Waals surface area contributed by atoms with Crippen LogP contribution in [0.3, 0.4) is 0 Å². The van der Waals surface area contributed by atoms with Gasteiger partial charge in [-0.3, -0.25) is 24.8 Å². The minimum absolute atomic E-state index is 0.0245. The zero-order valence-corrected chi connectivity index (χ0v) is 13.4. The average Bonchev–Trinajstić information content (AvgIpc) is 2.57. The maximum atomic E-state index is 11.8. The summed E-state index contributed by atoms with van der Waals surface area (Å²) in [5.74, 6) is -0.207. The van der Waals surface area contributed by atoms with Gasteiger partial charge in [0.25, 0.3) is 10.9 Å². The molecular formula is C17H19N3O3. The molecule has 6 nitrogen and oxygen atoms in total. The van der Waals surface area contributed by atoms with Crippen molar-refractivity contribution in [1.82, 2.24) is 0 Å². The third kappa shape index (κ3) is 3.36. The number of hydrogen-bond donors (Lipinski definition) is 1. The Balaban J connectivity index is 2.35. The van der Waals surface area contributed by atoms with Crippen molar-refractivity contribution in [2.45, 2.75) is 27.2 Å². The number of carbonyl (C=O) groups is 1. The van der Waals surface area contributed by atoms with Crippen LogP contribution in [-0.2, 0) is 4.79 Å². The third-order valence-corrected chi connectivity index (χ3v) is 3.50. The van der Waals surface area contributed by atoms with Gasteiger partial charge in [-0.1, -0.05) is 25.1 Å². The smallest absolute Gasteiger partial charge is 0.255 e. The summed E-state index contributed by atoms with van der Waals surface area (Å²) >= 11 is 0. The number of Topliss-reactive ketones (excluding diaryl/α,β-unsaturated/α-hetero) is 1. The zero-order valence-electron chi connectivity index (χ0n) is 13.4. The summed E-state index contributed by atoms with van der Waals surface area (Å²) in [6, 6.07) is 9.43. The van der Waals surface area contributed by atoms with E-state index in [1.54, 1.807) is 11.9 Å². The number of aliphatic imine (C=N–C) groups is 1. The number of para-hydroxylation sites is 1. The maximum absolute atomic E-state index is 11.8. The molecule has 0 saturated carbocycles. The Morgan fingerprint density at radius 1 is 1.13 bits per heavy atom. The van der Waals surface area contributed by atoms with E-state index < -0.39 is 10.9 Å². The molecule has 23 heavy (non-hydrogen) atoms. The van der Waals surface area contributed by atoms with Crippen LogP contribution in [0.5, 0.6) is 0 Å². The van der Waals surface area contributed by atoms with E-state index >= 15 is 0 Å². The molecule has 0 spiro atoms. The van der Waals surface area contributed by atoms with Gasteiger partial charge in [0.2, 0.25) is 0 Å². The van der Waals surface area contributed by atoms with Crippen LogP contribution in [0.4, 0.5) is 17.1 Å². The molecule has 2 aromatic rings. The highest BCUT2D eigenvalue weighted by atomic mass is 16.2. The van der Waals surface area contributed by atoms with E-state index in [1.807, 2.05) is 37.3 Å². The zero-order chi connectivity index (χ0) is 17.0. The molecule has 6 heteroatoms. The molecule has 0 heterocycles. The van der Waals surface area contributed by atoms with E-state index in [2.05, 4.69) is 10.4 Å². The van der Waals surface area contributed by atoms with Crippen LogP contribution in [0.2, 0.25) is 0 Å². The minimum Gasteiger partial charge on any atom is -0.293 e. The maximum Gasteiger partial charge on any atom is 0.255 e. The second-order valence-corrected chi connectivity index (χ2v) is 5.04. The Labute approximate surface area is 134 Å². The normalized spacial score (nSPS) is 11.5. The van der Waals surface area contributed by atoms with Crippen LogP contribution >= 0.6 is 0 Å². The molecule has 0 fully saturated rings. The molecule has 0 aliphatic carbocycles.